The monoisotopic (exact) mass is 476 g/mol. The molecule has 4 rings (SSSR count). The molecule has 1 aliphatic rings. The van der Waals surface area contributed by atoms with E-state index in [1.54, 1.807) is 31.3 Å². The molecule has 2 atom stereocenters. The summed E-state index contributed by atoms with van der Waals surface area (Å²) in [6, 6.07) is 18.4. The summed E-state index contributed by atoms with van der Waals surface area (Å²) in [5, 5.41) is 4.21. The standard InChI is InChI=1S/C28H32N2O3S/c1-28(2,3)22-10-8-20(9-11-22)24-15-25(24)27(31)30-29-16-19-7-12-26(32-4)21(14-19)17-34-18-23-6-5-13-33-23/h5-14,16,24-25H,15,17-18H2,1-4H3,(H,30,31)/t24-,25-/m1/s1. The van der Waals surface area contributed by atoms with Gasteiger partial charge in [0.1, 0.15) is 11.5 Å². The van der Waals surface area contributed by atoms with Gasteiger partial charge in [-0.2, -0.15) is 5.10 Å². The highest BCUT2D eigenvalue weighted by Crippen LogP contribution is 2.47. The van der Waals surface area contributed by atoms with Gasteiger partial charge in [0.15, 0.2) is 0 Å². The van der Waals surface area contributed by atoms with Gasteiger partial charge < -0.3 is 9.15 Å². The molecule has 5 nitrogen and oxygen atoms in total. The highest BCUT2D eigenvalue weighted by molar-refractivity contribution is 7.97. The van der Waals surface area contributed by atoms with Crippen LogP contribution in [0.3, 0.4) is 0 Å². The highest BCUT2D eigenvalue weighted by Gasteiger charge is 2.44. The molecule has 1 fully saturated rings. The Balaban J connectivity index is 1.30. The zero-order valence-electron chi connectivity index (χ0n) is 20.2. The van der Waals surface area contributed by atoms with Crippen molar-refractivity contribution in [3.05, 3.63) is 88.9 Å². The number of ether oxygens (including phenoxy) is 1. The maximum Gasteiger partial charge on any atom is 0.243 e. The van der Waals surface area contributed by atoms with Gasteiger partial charge >= 0.3 is 0 Å². The lowest BCUT2D eigenvalue weighted by Gasteiger charge is -2.19. The summed E-state index contributed by atoms with van der Waals surface area (Å²) in [4.78, 5) is 12.6. The van der Waals surface area contributed by atoms with E-state index in [2.05, 4.69) is 55.6 Å². The van der Waals surface area contributed by atoms with Crippen LogP contribution in [0, 0.1) is 5.92 Å². The van der Waals surface area contributed by atoms with Crippen LogP contribution in [-0.2, 0) is 21.7 Å². The largest absolute Gasteiger partial charge is 0.496 e. The van der Waals surface area contributed by atoms with Crippen LogP contribution in [0.2, 0.25) is 0 Å². The molecule has 0 aliphatic heterocycles. The topological polar surface area (TPSA) is 63.8 Å². The van der Waals surface area contributed by atoms with Crippen LogP contribution in [0.1, 0.15) is 61.1 Å². The summed E-state index contributed by atoms with van der Waals surface area (Å²) >= 11 is 1.76. The summed E-state index contributed by atoms with van der Waals surface area (Å²) in [7, 11) is 1.67. The van der Waals surface area contributed by atoms with E-state index in [-0.39, 0.29) is 23.2 Å². The predicted octanol–water partition coefficient (Wildman–Crippen LogP) is 6.27. The van der Waals surface area contributed by atoms with Gasteiger partial charge in [0.05, 0.1) is 25.3 Å². The number of hydrogen-bond acceptors (Lipinski definition) is 5. The van der Waals surface area contributed by atoms with Crippen LogP contribution in [0.4, 0.5) is 0 Å². The first-order valence-electron chi connectivity index (χ1n) is 11.6. The molecule has 1 amide bonds. The summed E-state index contributed by atoms with van der Waals surface area (Å²) in [5.74, 6) is 3.62. The zero-order valence-corrected chi connectivity index (χ0v) is 21.0. The summed E-state index contributed by atoms with van der Waals surface area (Å²) in [5.41, 5.74) is 7.38. The lowest BCUT2D eigenvalue weighted by atomic mass is 9.86. The minimum absolute atomic E-state index is 0.0120. The van der Waals surface area contributed by atoms with Gasteiger partial charge in [0, 0.05) is 17.2 Å². The Bertz CT molecular complexity index is 1130. The zero-order chi connectivity index (χ0) is 24.1. The van der Waals surface area contributed by atoms with Crippen molar-refractivity contribution >= 4 is 23.9 Å². The Kier molecular flexibility index (Phi) is 7.47. The number of nitrogens with one attached hydrogen (secondary N) is 1. The summed E-state index contributed by atoms with van der Waals surface area (Å²) in [6.45, 7) is 6.62. The molecule has 34 heavy (non-hydrogen) atoms. The fourth-order valence-electron chi connectivity index (χ4n) is 3.98. The van der Waals surface area contributed by atoms with Gasteiger partial charge in [-0.3, -0.25) is 4.79 Å². The normalized spacial score (nSPS) is 17.6. The average molecular weight is 477 g/mol. The Morgan fingerprint density at radius 2 is 1.97 bits per heavy atom. The summed E-state index contributed by atoms with van der Waals surface area (Å²) < 4.78 is 10.9. The van der Waals surface area contributed by atoms with Crippen molar-refractivity contribution < 1.29 is 13.9 Å². The Morgan fingerprint density at radius 3 is 2.65 bits per heavy atom. The third-order valence-corrected chi connectivity index (χ3v) is 7.11. The Morgan fingerprint density at radius 1 is 1.18 bits per heavy atom. The second-order valence-corrected chi connectivity index (χ2v) is 10.7. The molecule has 1 aliphatic carbocycles. The fourth-order valence-corrected chi connectivity index (χ4v) is 4.90. The first-order chi connectivity index (χ1) is 16.3. The van der Waals surface area contributed by atoms with Crippen LogP contribution in [0.5, 0.6) is 5.75 Å². The van der Waals surface area contributed by atoms with Crippen molar-refractivity contribution in [2.24, 2.45) is 11.0 Å². The van der Waals surface area contributed by atoms with Gasteiger partial charge in [-0.1, -0.05) is 45.0 Å². The third-order valence-electron chi connectivity index (χ3n) is 6.11. The van der Waals surface area contributed by atoms with E-state index in [0.29, 0.717) is 0 Å². The minimum Gasteiger partial charge on any atom is -0.496 e. The maximum absolute atomic E-state index is 12.6. The molecule has 3 aromatic rings. The van der Waals surface area contributed by atoms with E-state index in [9.17, 15) is 4.79 Å². The van der Waals surface area contributed by atoms with Crippen molar-refractivity contribution in [2.75, 3.05) is 7.11 Å². The highest BCUT2D eigenvalue weighted by atomic mass is 32.2. The Hall–Kier alpha value is -2.99. The van der Waals surface area contributed by atoms with Crippen LogP contribution < -0.4 is 10.2 Å². The van der Waals surface area contributed by atoms with Crippen molar-refractivity contribution in [3.8, 4) is 5.75 Å². The number of thioether (sulfide) groups is 1. The molecule has 1 heterocycles. The number of carbonyl (C=O) groups excluding carboxylic acids is 1. The second kappa shape index (κ2) is 10.5. The molecule has 0 spiro atoms. The molecular formula is C28H32N2O3S. The molecule has 0 saturated heterocycles. The van der Waals surface area contributed by atoms with Crippen LogP contribution in [0.25, 0.3) is 0 Å². The third kappa shape index (κ3) is 6.11. The van der Waals surface area contributed by atoms with Crippen LogP contribution >= 0.6 is 11.8 Å². The van der Waals surface area contributed by atoms with E-state index in [1.165, 1.54) is 11.1 Å². The van der Waals surface area contributed by atoms with Gasteiger partial charge in [-0.15, -0.1) is 11.8 Å². The quantitative estimate of drug-likeness (QED) is 0.292. The number of amides is 1. The van der Waals surface area contributed by atoms with Gasteiger partial charge in [-0.05, 0) is 64.8 Å². The fraction of sp³-hybridized carbons (Fsp3) is 0.357. The van der Waals surface area contributed by atoms with Gasteiger partial charge in [-0.25, -0.2) is 5.43 Å². The SMILES string of the molecule is COc1ccc(C=NNC(=O)[C@@H]2C[C@@H]2c2ccc(C(C)(C)C)cc2)cc1CSCc1ccco1. The van der Waals surface area contributed by atoms with Gasteiger partial charge in [0.25, 0.3) is 0 Å². The number of nitrogens with zero attached hydrogens (tertiary/aromatic N) is 1. The number of furan rings is 1. The van der Waals surface area contributed by atoms with Crippen LogP contribution in [0.15, 0.2) is 70.4 Å². The van der Waals surface area contributed by atoms with Crippen molar-refractivity contribution in [3.63, 3.8) is 0 Å². The molecular weight excluding hydrogens is 444 g/mol. The van der Waals surface area contributed by atoms with E-state index in [0.717, 1.165) is 40.6 Å². The molecule has 1 N–H and O–H groups in total. The number of methoxy groups -OCH3 is 1. The molecule has 6 heteroatoms. The number of hydrogen-bond donors (Lipinski definition) is 1. The lowest BCUT2D eigenvalue weighted by molar-refractivity contribution is -0.122. The predicted molar refractivity (Wildman–Crippen MR) is 138 cm³/mol. The van der Waals surface area contributed by atoms with Crippen LogP contribution in [-0.4, -0.2) is 19.2 Å². The number of rotatable bonds is 9. The molecule has 2 aromatic carbocycles. The first-order valence-corrected chi connectivity index (χ1v) is 12.7. The molecule has 1 aromatic heterocycles. The first kappa shape index (κ1) is 24.1. The lowest BCUT2D eigenvalue weighted by Crippen LogP contribution is -2.20. The van der Waals surface area contributed by atoms with E-state index >= 15 is 0 Å². The average Bonchev–Trinajstić information content (AvgIpc) is 3.46. The van der Waals surface area contributed by atoms with Crippen molar-refractivity contribution in [2.45, 2.75) is 50.0 Å². The van der Waals surface area contributed by atoms with Gasteiger partial charge in [0.2, 0.25) is 5.91 Å². The second-order valence-electron chi connectivity index (χ2n) is 9.70. The molecule has 0 unspecified atom stereocenters. The van der Waals surface area contributed by atoms with Crippen molar-refractivity contribution in [1.29, 1.82) is 0 Å². The van der Waals surface area contributed by atoms with E-state index in [1.807, 2.05) is 30.3 Å². The summed E-state index contributed by atoms with van der Waals surface area (Å²) in [6.07, 6.45) is 4.25. The number of benzene rings is 2. The van der Waals surface area contributed by atoms with E-state index < -0.39 is 0 Å². The van der Waals surface area contributed by atoms with Crippen molar-refractivity contribution in [1.82, 2.24) is 5.43 Å². The maximum atomic E-state index is 12.6. The number of carbonyl (C=O) groups is 1. The van der Waals surface area contributed by atoms with E-state index in [4.69, 9.17) is 9.15 Å². The minimum atomic E-state index is -0.0242. The molecule has 178 valence electrons. The Labute approximate surface area is 206 Å². The smallest absolute Gasteiger partial charge is 0.243 e. The molecule has 0 radical (unpaired) electrons. The molecule has 1 saturated carbocycles. The molecule has 0 bridgehead atoms. The number of hydrazone groups is 1.